The van der Waals surface area contributed by atoms with Gasteiger partial charge >= 0.3 is 0 Å². The molecule has 0 radical (unpaired) electrons. The van der Waals surface area contributed by atoms with Gasteiger partial charge in [0.1, 0.15) is 4.90 Å². The van der Waals surface area contributed by atoms with Crippen LogP contribution in [0, 0.1) is 10.1 Å². The molecule has 0 aliphatic rings. The number of sulfonamides is 1. The van der Waals surface area contributed by atoms with Crippen molar-refractivity contribution in [2.45, 2.75) is 57.8 Å². The number of allylic oxidation sites excluding steroid dienone is 1. The SMILES string of the molecule is CCCCCCC(C=NNc1ccc([N+](=O)[O-])cc1S(=O)(=O)N(CC)CC)=Cc1ccccc1. The quantitative estimate of drug-likeness (QED) is 0.151. The van der Waals surface area contributed by atoms with E-state index in [4.69, 9.17) is 0 Å². The summed E-state index contributed by atoms with van der Waals surface area (Å²) in [4.78, 5) is 10.5. The summed E-state index contributed by atoms with van der Waals surface area (Å²) in [6.45, 7) is 6.13. The minimum Gasteiger partial charge on any atom is -0.277 e. The van der Waals surface area contributed by atoms with Crippen LogP contribution in [-0.2, 0) is 10.0 Å². The number of nitro benzene ring substituents is 1. The molecule has 8 nitrogen and oxygen atoms in total. The molecule has 0 aliphatic heterocycles. The Morgan fingerprint density at radius 2 is 1.76 bits per heavy atom. The van der Waals surface area contributed by atoms with Crippen molar-refractivity contribution < 1.29 is 13.3 Å². The van der Waals surface area contributed by atoms with E-state index < -0.39 is 14.9 Å². The number of anilines is 1. The van der Waals surface area contributed by atoms with E-state index in [1.165, 1.54) is 22.9 Å². The lowest BCUT2D eigenvalue weighted by molar-refractivity contribution is -0.385. The van der Waals surface area contributed by atoms with E-state index in [-0.39, 0.29) is 29.4 Å². The fraction of sp³-hybridized carbons (Fsp3) is 0.400. The summed E-state index contributed by atoms with van der Waals surface area (Å²) in [6, 6.07) is 13.7. The van der Waals surface area contributed by atoms with Gasteiger partial charge in [0.25, 0.3) is 5.69 Å². The molecule has 0 fully saturated rings. The maximum atomic E-state index is 13.1. The third kappa shape index (κ3) is 7.78. The number of nitrogens with zero attached hydrogens (tertiary/aromatic N) is 3. The third-order valence-corrected chi connectivity index (χ3v) is 7.48. The number of nitro groups is 1. The van der Waals surface area contributed by atoms with Crippen molar-refractivity contribution >= 4 is 33.7 Å². The largest absolute Gasteiger partial charge is 0.277 e. The molecule has 0 heterocycles. The van der Waals surface area contributed by atoms with E-state index in [0.717, 1.165) is 42.9 Å². The maximum Gasteiger partial charge on any atom is 0.270 e. The Balaban J connectivity index is 2.35. The highest BCUT2D eigenvalue weighted by Gasteiger charge is 2.27. The fourth-order valence-corrected chi connectivity index (χ4v) is 5.13. The van der Waals surface area contributed by atoms with Crippen LogP contribution in [0.1, 0.15) is 58.4 Å². The summed E-state index contributed by atoms with van der Waals surface area (Å²) < 4.78 is 27.5. The summed E-state index contributed by atoms with van der Waals surface area (Å²) in [5.74, 6) is 0. The summed E-state index contributed by atoms with van der Waals surface area (Å²) >= 11 is 0. The number of rotatable bonds is 14. The van der Waals surface area contributed by atoms with Gasteiger partial charge in [-0.1, -0.05) is 76.4 Å². The number of non-ortho nitro benzene ring substituents is 1. The molecule has 0 saturated heterocycles. The van der Waals surface area contributed by atoms with Gasteiger partial charge in [0.15, 0.2) is 0 Å². The molecule has 184 valence electrons. The zero-order valence-corrected chi connectivity index (χ0v) is 20.9. The lowest BCUT2D eigenvalue weighted by atomic mass is 10.0. The van der Waals surface area contributed by atoms with Gasteiger partial charge in [-0.2, -0.15) is 9.41 Å². The van der Waals surface area contributed by atoms with E-state index in [1.54, 1.807) is 20.1 Å². The molecule has 0 amide bonds. The van der Waals surface area contributed by atoms with Gasteiger partial charge in [0, 0.05) is 25.2 Å². The van der Waals surface area contributed by atoms with Crippen LogP contribution in [0.4, 0.5) is 11.4 Å². The van der Waals surface area contributed by atoms with Crippen molar-refractivity contribution in [1.82, 2.24) is 4.31 Å². The highest BCUT2D eigenvalue weighted by Crippen LogP contribution is 2.29. The molecular formula is C25H34N4O4S. The third-order valence-electron chi connectivity index (χ3n) is 5.39. The number of hydrazone groups is 1. The molecule has 9 heteroatoms. The molecule has 34 heavy (non-hydrogen) atoms. The van der Waals surface area contributed by atoms with Crippen molar-refractivity contribution in [3.05, 3.63) is 69.8 Å². The van der Waals surface area contributed by atoms with Crippen molar-refractivity contribution in [3.8, 4) is 0 Å². The van der Waals surface area contributed by atoms with Crippen molar-refractivity contribution in [3.63, 3.8) is 0 Å². The molecule has 0 bridgehead atoms. The average molecular weight is 487 g/mol. The summed E-state index contributed by atoms with van der Waals surface area (Å²) in [5.41, 5.74) is 4.77. The first-order valence-corrected chi connectivity index (χ1v) is 13.1. The molecule has 0 aliphatic carbocycles. The Hall–Kier alpha value is -3.04. The first-order chi connectivity index (χ1) is 16.3. The first-order valence-electron chi connectivity index (χ1n) is 11.7. The molecule has 0 spiro atoms. The molecule has 0 aromatic heterocycles. The van der Waals surface area contributed by atoms with Gasteiger partial charge < -0.3 is 0 Å². The second kappa shape index (κ2) is 13.6. The second-order valence-corrected chi connectivity index (χ2v) is 9.74. The van der Waals surface area contributed by atoms with E-state index in [1.807, 2.05) is 30.3 Å². The van der Waals surface area contributed by atoms with Crippen LogP contribution < -0.4 is 5.43 Å². The molecule has 0 saturated carbocycles. The van der Waals surface area contributed by atoms with E-state index in [9.17, 15) is 18.5 Å². The van der Waals surface area contributed by atoms with Gasteiger partial charge in [0.05, 0.1) is 16.8 Å². The predicted molar refractivity (Wildman–Crippen MR) is 138 cm³/mol. The molecule has 0 atom stereocenters. The van der Waals surface area contributed by atoms with Crippen LogP contribution in [0.2, 0.25) is 0 Å². The van der Waals surface area contributed by atoms with Gasteiger partial charge in [-0.3, -0.25) is 15.5 Å². The Kier molecular flexibility index (Phi) is 10.9. The number of nitrogens with one attached hydrogen (secondary N) is 1. The topological polar surface area (TPSA) is 105 Å². The van der Waals surface area contributed by atoms with Crippen LogP contribution in [0.15, 0.2) is 64.1 Å². The summed E-state index contributed by atoms with van der Waals surface area (Å²) in [6.07, 6.45) is 9.05. The van der Waals surface area contributed by atoms with E-state index in [0.29, 0.717) is 0 Å². The Labute approximate surface area is 202 Å². The molecule has 0 unspecified atom stereocenters. The van der Waals surface area contributed by atoms with Gasteiger partial charge in [-0.05, 0) is 30.0 Å². The van der Waals surface area contributed by atoms with E-state index >= 15 is 0 Å². The number of benzene rings is 2. The van der Waals surface area contributed by atoms with Gasteiger partial charge in [0.2, 0.25) is 10.0 Å². The second-order valence-electron chi connectivity index (χ2n) is 7.84. The molecule has 2 rings (SSSR count). The number of hydrogen-bond donors (Lipinski definition) is 1. The predicted octanol–water partition coefficient (Wildman–Crippen LogP) is 6.08. The molecule has 1 N–H and O–H groups in total. The van der Waals surface area contributed by atoms with Crippen molar-refractivity contribution in [1.29, 1.82) is 0 Å². The van der Waals surface area contributed by atoms with Crippen LogP contribution in [0.5, 0.6) is 0 Å². The van der Waals surface area contributed by atoms with Crippen LogP contribution in [-0.4, -0.2) is 37.0 Å². The lowest BCUT2D eigenvalue weighted by Crippen LogP contribution is -2.31. The van der Waals surface area contributed by atoms with E-state index in [2.05, 4.69) is 23.5 Å². The monoisotopic (exact) mass is 486 g/mol. The standard InChI is InChI=1S/C25H34N4O4S/c1-4-7-8-10-15-22(18-21-13-11-9-12-14-21)20-26-27-24-17-16-23(29(30)31)19-25(24)34(32,33)28(5-2)6-3/h9,11-14,16-20,27H,4-8,10,15H2,1-3H3. The van der Waals surface area contributed by atoms with Crippen molar-refractivity contribution in [2.75, 3.05) is 18.5 Å². The Morgan fingerprint density at radius 3 is 2.38 bits per heavy atom. The minimum atomic E-state index is -3.93. The minimum absolute atomic E-state index is 0.168. The summed E-state index contributed by atoms with van der Waals surface area (Å²) in [5, 5.41) is 15.6. The maximum absolute atomic E-state index is 13.1. The first kappa shape index (κ1) is 27.2. The van der Waals surface area contributed by atoms with Gasteiger partial charge in [-0.15, -0.1) is 0 Å². The highest BCUT2D eigenvalue weighted by atomic mass is 32.2. The smallest absolute Gasteiger partial charge is 0.270 e. The zero-order chi connectivity index (χ0) is 25.0. The van der Waals surface area contributed by atoms with Crippen LogP contribution in [0.25, 0.3) is 6.08 Å². The van der Waals surface area contributed by atoms with Crippen LogP contribution in [0.3, 0.4) is 0 Å². The van der Waals surface area contributed by atoms with Crippen LogP contribution >= 0.6 is 0 Å². The van der Waals surface area contributed by atoms with Gasteiger partial charge in [-0.25, -0.2) is 8.42 Å². The molecular weight excluding hydrogens is 452 g/mol. The molecule has 2 aromatic rings. The summed E-state index contributed by atoms with van der Waals surface area (Å²) in [7, 11) is -3.93. The normalized spacial score (nSPS) is 12.4. The number of hydrogen-bond acceptors (Lipinski definition) is 6. The zero-order valence-electron chi connectivity index (χ0n) is 20.1. The van der Waals surface area contributed by atoms with Crippen molar-refractivity contribution in [2.24, 2.45) is 5.10 Å². The number of unbranched alkanes of at least 4 members (excludes halogenated alkanes) is 3. The highest BCUT2D eigenvalue weighted by molar-refractivity contribution is 7.89. The fourth-order valence-electron chi connectivity index (χ4n) is 3.51. The lowest BCUT2D eigenvalue weighted by Gasteiger charge is -2.20. The Morgan fingerprint density at radius 1 is 1.06 bits per heavy atom. The Bertz CT molecular complexity index is 1100. The molecule has 2 aromatic carbocycles. The average Bonchev–Trinajstić information content (AvgIpc) is 2.83.